The Morgan fingerprint density at radius 1 is 1.03 bits per heavy atom. The molecule has 1 fully saturated rings. The van der Waals surface area contributed by atoms with Crippen molar-refractivity contribution in [1.29, 1.82) is 0 Å². The molecule has 1 aliphatic heterocycles. The molecule has 4 nitrogen and oxygen atoms in total. The molecule has 0 amide bonds. The monoisotopic (exact) mass is 414 g/mol. The highest BCUT2D eigenvalue weighted by molar-refractivity contribution is 5.67. The van der Waals surface area contributed by atoms with E-state index >= 15 is 0 Å². The third-order valence-electron chi connectivity index (χ3n) is 5.83. The van der Waals surface area contributed by atoms with E-state index in [1.807, 2.05) is 42.5 Å². The molecular formula is C27H30N2O2. The van der Waals surface area contributed by atoms with Crippen LogP contribution in [0, 0.1) is 12.3 Å². The van der Waals surface area contributed by atoms with E-state index in [4.69, 9.17) is 20.9 Å². The van der Waals surface area contributed by atoms with Gasteiger partial charge in [-0.2, -0.15) is 0 Å². The van der Waals surface area contributed by atoms with Gasteiger partial charge in [-0.1, -0.05) is 18.1 Å². The van der Waals surface area contributed by atoms with Crippen molar-refractivity contribution < 1.29 is 9.47 Å². The van der Waals surface area contributed by atoms with E-state index in [1.54, 1.807) is 7.11 Å². The zero-order valence-corrected chi connectivity index (χ0v) is 19.0. The summed E-state index contributed by atoms with van der Waals surface area (Å²) in [6.07, 6.45) is 9.56. The molecule has 0 aliphatic carbocycles. The summed E-state index contributed by atoms with van der Waals surface area (Å²) >= 11 is 0. The number of hydrogen-bond donors (Lipinski definition) is 0. The van der Waals surface area contributed by atoms with Gasteiger partial charge in [0.25, 0.3) is 0 Å². The van der Waals surface area contributed by atoms with E-state index < -0.39 is 0 Å². The van der Waals surface area contributed by atoms with Gasteiger partial charge in [0.15, 0.2) is 0 Å². The number of rotatable bonds is 4. The van der Waals surface area contributed by atoms with Crippen molar-refractivity contribution in [3.8, 4) is 35.2 Å². The SMILES string of the molecule is C#Cc1ccc(-n2cc(C3CC(C)(C)OC(C)(C)C3)nc2-c2ccccc2OC)cc1. The van der Waals surface area contributed by atoms with Crippen LogP contribution in [0.3, 0.4) is 0 Å². The van der Waals surface area contributed by atoms with E-state index in [-0.39, 0.29) is 11.2 Å². The average molecular weight is 415 g/mol. The molecule has 0 spiro atoms. The number of methoxy groups -OCH3 is 1. The highest BCUT2D eigenvalue weighted by atomic mass is 16.5. The largest absolute Gasteiger partial charge is 0.496 e. The van der Waals surface area contributed by atoms with Crippen LogP contribution < -0.4 is 4.74 Å². The van der Waals surface area contributed by atoms with E-state index in [9.17, 15) is 0 Å². The molecule has 0 bridgehead atoms. The van der Waals surface area contributed by atoms with Crippen molar-refractivity contribution in [2.24, 2.45) is 0 Å². The normalized spacial score (nSPS) is 17.8. The number of hydrogen-bond acceptors (Lipinski definition) is 3. The number of aromatic nitrogens is 2. The molecule has 3 aromatic rings. The first-order valence-electron chi connectivity index (χ1n) is 10.7. The zero-order valence-electron chi connectivity index (χ0n) is 19.0. The topological polar surface area (TPSA) is 36.3 Å². The van der Waals surface area contributed by atoms with Crippen LogP contribution in [-0.2, 0) is 4.74 Å². The summed E-state index contributed by atoms with van der Waals surface area (Å²) in [6, 6.07) is 16.0. The van der Waals surface area contributed by atoms with Gasteiger partial charge in [0, 0.05) is 23.4 Å². The number of benzene rings is 2. The first-order chi connectivity index (χ1) is 14.7. The van der Waals surface area contributed by atoms with Gasteiger partial charge < -0.3 is 9.47 Å². The van der Waals surface area contributed by atoms with Gasteiger partial charge in [0.2, 0.25) is 0 Å². The highest BCUT2D eigenvalue weighted by Gasteiger charge is 2.41. The summed E-state index contributed by atoms with van der Waals surface area (Å²) in [5.74, 6) is 4.65. The molecule has 1 aliphatic rings. The predicted octanol–water partition coefficient (Wildman–Crippen LogP) is 5.98. The second kappa shape index (κ2) is 7.90. The minimum absolute atomic E-state index is 0.199. The average Bonchev–Trinajstić information content (AvgIpc) is 3.17. The maximum atomic E-state index is 6.31. The smallest absolute Gasteiger partial charge is 0.148 e. The fraction of sp³-hybridized carbons (Fsp3) is 0.370. The van der Waals surface area contributed by atoms with Gasteiger partial charge in [-0.05, 0) is 76.9 Å². The standard InChI is InChI=1S/C27H30N2O2/c1-7-19-12-14-21(15-13-19)29-18-23(20-16-26(2,3)31-27(4,5)17-20)28-25(29)22-10-8-9-11-24(22)30-6/h1,8-15,18,20H,16-17H2,2-6H3. The number of imidazole rings is 1. The van der Waals surface area contributed by atoms with Crippen LogP contribution in [0.4, 0.5) is 0 Å². The van der Waals surface area contributed by atoms with Gasteiger partial charge in [0.05, 0.1) is 29.6 Å². The summed E-state index contributed by atoms with van der Waals surface area (Å²) in [5, 5.41) is 0. The highest BCUT2D eigenvalue weighted by Crippen LogP contribution is 2.44. The van der Waals surface area contributed by atoms with E-state index in [2.05, 4.69) is 50.4 Å². The fourth-order valence-electron chi connectivity index (χ4n) is 4.83. The first kappa shape index (κ1) is 21.2. The molecule has 2 aromatic carbocycles. The third kappa shape index (κ3) is 4.38. The van der Waals surface area contributed by atoms with Gasteiger partial charge in [-0.25, -0.2) is 4.98 Å². The Hall–Kier alpha value is -3.03. The fourth-order valence-corrected chi connectivity index (χ4v) is 4.83. The molecule has 0 saturated carbocycles. The van der Waals surface area contributed by atoms with Crippen molar-refractivity contribution in [2.75, 3.05) is 7.11 Å². The summed E-state index contributed by atoms with van der Waals surface area (Å²) in [6.45, 7) is 8.66. The number of nitrogens with zero attached hydrogens (tertiary/aromatic N) is 2. The van der Waals surface area contributed by atoms with Crippen molar-refractivity contribution in [3.63, 3.8) is 0 Å². The van der Waals surface area contributed by atoms with E-state index in [0.717, 1.165) is 46.9 Å². The Bertz CT molecular complexity index is 1100. The molecule has 2 heterocycles. The quantitative estimate of drug-likeness (QED) is 0.493. The molecule has 31 heavy (non-hydrogen) atoms. The number of para-hydroxylation sites is 1. The van der Waals surface area contributed by atoms with Gasteiger partial charge in [-0.15, -0.1) is 6.42 Å². The molecule has 160 valence electrons. The maximum Gasteiger partial charge on any atom is 0.148 e. The third-order valence-corrected chi connectivity index (χ3v) is 5.83. The van der Waals surface area contributed by atoms with Crippen LogP contribution >= 0.6 is 0 Å². The minimum Gasteiger partial charge on any atom is -0.496 e. The molecule has 0 N–H and O–H groups in total. The maximum absolute atomic E-state index is 6.31. The predicted molar refractivity (Wildman–Crippen MR) is 125 cm³/mol. The van der Waals surface area contributed by atoms with Crippen LogP contribution in [0.15, 0.2) is 54.7 Å². The van der Waals surface area contributed by atoms with Crippen molar-refractivity contribution in [1.82, 2.24) is 9.55 Å². The van der Waals surface area contributed by atoms with Crippen LogP contribution in [0.1, 0.15) is 57.7 Å². The Morgan fingerprint density at radius 2 is 1.68 bits per heavy atom. The Morgan fingerprint density at radius 3 is 2.29 bits per heavy atom. The van der Waals surface area contributed by atoms with Gasteiger partial charge in [0.1, 0.15) is 11.6 Å². The molecular weight excluding hydrogens is 384 g/mol. The van der Waals surface area contributed by atoms with E-state index in [1.165, 1.54) is 0 Å². The summed E-state index contributed by atoms with van der Waals surface area (Å²) < 4.78 is 14.1. The lowest BCUT2D eigenvalue weighted by atomic mass is 9.79. The lowest BCUT2D eigenvalue weighted by Gasteiger charge is -2.45. The number of terminal acetylenes is 1. The molecule has 0 atom stereocenters. The lowest BCUT2D eigenvalue weighted by Crippen LogP contribution is -2.44. The zero-order chi connectivity index (χ0) is 22.2. The Labute approximate surface area is 185 Å². The second-order valence-corrected chi connectivity index (χ2v) is 9.48. The molecule has 1 saturated heterocycles. The Kier molecular flexibility index (Phi) is 5.41. The van der Waals surface area contributed by atoms with Crippen LogP contribution in [0.25, 0.3) is 17.1 Å². The van der Waals surface area contributed by atoms with Crippen molar-refractivity contribution >= 4 is 0 Å². The molecule has 4 heteroatoms. The summed E-state index contributed by atoms with van der Waals surface area (Å²) in [4.78, 5) is 5.15. The van der Waals surface area contributed by atoms with Crippen LogP contribution in [-0.4, -0.2) is 27.9 Å². The van der Waals surface area contributed by atoms with Crippen molar-refractivity contribution in [2.45, 2.75) is 57.7 Å². The molecule has 0 radical (unpaired) electrons. The van der Waals surface area contributed by atoms with Crippen LogP contribution in [0.2, 0.25) is 0 Å². The van der Waals surface area contributed by atoms with Crippen LogP contribution in [0.5, 0.6) is 5.75 Å². The van der Waals surface area contributed by atoms with Crippen molar-refractivity contribution in [3.05, 3.63) is 66.0 Å². The second-order valence-electron chi connectivity index (χ2n) is 9.48. The summed E-state index contributed by atoms with van der Waals surface area (Å²) in [5.41, 5.74) is 3.51. The number of ether oxygens (including phenoxy) is 2. The van der Waals surface area contributed by atoms with Gasteiger partial charge >= 0.3 is 0 Å². The summed E-state index contributed by atoms with van der Waals surface area (Å²) in [7, 11) is 1.69. The van der Waals surface area contributed by atoms with Gasteiger partial charge in [-0.3, -0.25) is 4.57 Å². The first-order valence-corrected chi connectivity index (χ1v) is 10.7. The van der Waals surface area contributed by atoms with E-state index in [0.29, 0.717) is 5.92 Å². The Balaban J connectivity index is 1.85. The lowest BCUT2D eigenvalue weighted by molar-refractivity contribution is -0.162. The molecule has 0 unspecified atom stereocenters. The molecule has 1 aromatic heterocycles. The molecule has 4 rings (SSSR count). The minimum atomic E-state index is -0.199.